The standard InChI is InChI=1S/C15H15ClN2O2S/c1-15(20,12-5-7-21-9-12)10-18-14(19)3-2-11-4-6-17-13(16)8-11/h2-9,20H,10H2,1H3,(H,18,19)/b3-2+. The van der Waals surface area contributed by atoms with Gasteiger partial charge in [-0.05, 0) is 53.1 Å². The molecule has 0 saturated heterocycles. The highest BCUT2D eigenvalue weighted by atomic mass is 35.5. The summed E-state index contributed by atoms with van der Waals surface area (Å²) in [6.07, 6.45) is 4.61. The Kier molecular flexibility index (Phi) is 5.12. The summed E-state index contributed by atoms with van der Waals surface area (Å²) >= 11 is 7.27. The van der Waals surface area contributed by atoms with E-state index in [0.717, 1.165) is 11.1 Å². The third-order valence-corrected chi connectivity index (χ3v) is 3.82. The van der Waals surface area contributed by atoms with Crippen LogP contribution in [-0.2, 0) is 10.4 Å². The highest BCUT2D eigenvalue weighted by Gasteiger charge is 2.23. The number of amides is 1. The number of hydrogen-bond acceptors (Lipinski definition) is 4. The van der Waals surface area contributed by atoms with E-state index in [4.69, 9.17) is 11.6 Å². The summed E-state index contributed by atoms with van der Waals surface area (Å²) in [4.78, 5) is 15.6. The largest absolute Gasteiger partial charge is 0.384 e. The quantitative estimate of drug-likeness (QED) is 0.657. The van der Waals surface area contributed by atoms with Crippen LogP contribution in [0.5, 0.6) is 0 Å². The summed E-state index contributed by atoms with van der Waals surface area (Å²) in [6, 6.07) is 5.25. The topological polar surface area (TPSA) is 62.2 Å². The van der Waals surface area contributed by atoms with Gasteiger partial charge in [0.2, 0.25) is 5.91 Å². The first kappa shape index (κ1) is 15.7. The molecule has 0 aliphatic rings. The Balaban J connectivity index is 1.90. The van der Waals surface area contributed by atoms with Crippen LogP contribution in [0.2, 0.25) is 5.15 Å². The van der Waals surface area contributed by atoms with Gasteiger partial charge in [0.1, 0.15) is 10.8 Å². The SMILES string of the molecule is CC(O)(CNC(=O)/C=C/c1ccnc(Cl)c1)c1ccsc1. The average Bonchev–Trinajstić information content (AvgIpc) is 2.98. The lowest BCUT2D eigenvalue weighted by atomic mass is 9.99. The van der Waals surface area contributed by atoms with Crippen molar-refractivity contribution in [2.45, 2.75) is 12.5 Å². The number of carbonyl (C=O) groups excluding carboxylic acids is 1. The molecule has 0 aliphatic carbocycles. The summed E-state index contributed by atoms with van der Waals surface area (Å²) in [5.41, 5.74) is 0.496. The molecule has 1 amide bonds. The van der Waals surface area contributed by atoms with E-state index in [-0.39, 0.29) is 12.5 Å². The molecule has 0 aliphatic heterocycles. The van der Waals surface area contributed by atoms with Gasteiger partial charge in [-0.1, -0.05) is 11.6 Å². The van der Waals surface area contributed by atoms with Crippen molar-refractivity contribution in [2.75, 3.05) is 6.54 Å². The Hall–Kier alpha value is -1.69. The van der Waals surface area contributed by atoms with Gasteiger partial charge in [0, 0.05) is 12.3 Å². The minimum absolute atomic E-state index is 0.143. The molecule has 0 aromatic carbocycles. The van der Waals surface area contributed by atoms with Gasteiger partial charge in [-0.3, -0.25) is 4.79 Å². The molecule has 4 nitrogen and oxygen atoms in total. The zero-order valence-corrected chi connectivity index (χ0v) is 13.0. The fourth-order valence-electron chi connectivity index (χ4n) is 1.68. The lowest BCUT2D eigenvalue weighted by molar-refractivity contribution is -0.117. The maximum atomic E-state index is 11.8. The summed E-state index contributed by atoms with van der Waals surface area (Å²) in [6.45, 7) is 1.81. The predicted octanol–water partition coefficient (Wildman–Crippen LogP) is 2.83. The summed E-state index contributed by atoms with van der Waals surface area (Å²) in [5, 5.41) is 17.1. The number of pyridine rings is 1. The van der Waals surface area contributed by atoms with Crippen molar-refractivity contribution in [2.24, 2.45) is 0 Å². The fraction of sp³-hybridized carbons (Fsp3) is 0.200. The molecule has 2 N–H and O–H groups in total. The second-order valence-corrected chi connectivity index (χ2v) is 5.92. The maximum Gasteiger partial charge on any atom is 0.244 e. The predicted molar refractivity (Wildman–Crippen MR) is 85.2 cm³/mol. The molecule has 0 fully saturated rings. The van der Waals surface area contributed by atoms with Crippen LogP contribution in [0.4, 0.5) is 0 Å². The Labute approximate surface area is 132 Å². The molecule has 110 valence electrons. The number of carbonyl (C=O) groups is 1. The second-order valence-electron chi connectivity index (χ2n) is 4.75. The van der Waals surface area contributed by atoms with Gasteiger partial charge < -0.3 is 10.4 Å². The lowest BCUT2D eigenvalue weighted by Crippen LogP contribution is -2.37. The molecule has 2 aromatic heterocycles. The number of aliphatic hydroxyl groups is 1. The third kappa shape index (κ3) is 4.67. The Morgan fingerprint density at radius 3 is 3.05 bits per heavy atom. The Morgan fingerprint density at radius 2 is 2.38 bits per heavy atom. The average molecular weight is 323 g/mol. The first-order valence-electron chi connectivity index (χ1n) is 6.30. The molecular formula is C15H15ClN2O2S. The van der Waals surface area contributed by atoms with Crippen LogP contribution in [0.25, 0.3) is 6.08 Å². The van der Waals surface area contributed by atoms with Gasteiger partial charge in [0.15, 0.2) is 0 Å². The lowest BCUT2D eigenvalue weighted by Gasteiger charge is -2.22. The molecule has 6 heteroatoms. The van der Waals surface area contributed by atoms with Crippen molar-refractivity contribution in [1.29, 1.82) is 0 Å². The van der Waals surface area contributed by atoms with Crippen molar-refractivity contribution >= 4 is 34.9 Å². The molecule has 0 spiro atoms. The maximum absolute atomic E-state index is 11.8. The van der Waals surface area contributed by atoms with Crippen LogP contribution in [0, 0.1) is 0 Å². The molecule has 1 unspecified atom stereocenters. The number of thiophene rings is 1. The number of rotatable bonds is 5. The van der Waals surface area contributed by atoms with Crippen molar-refractivity contribution < 1.29 is 9.90 Å². The van der Waals surface area contributed by atoms with Gasteiger partial charge in [0.05, 0.1) is 6.54 Å². The van der Waals surface area contributed by atoms with Crippen LogP contribution >= 0.6 is 22.9 Å². The van der Waals surface area contributed by atoms with Crippen LogP contribution in [0.3, 0.4) is 0 Å². The van der Waals surface area contributed by atoms with E-state index in [1.165, 1.54) is 17.4 Å². The normalized spacial score (nSPS) is 14.0. The molecule has 0 radical (unpaired) electrons. The number of nitrogens with zero attached hydrogens (tertiary/aromatic N) is 1. The van der Waals surface area contributed by atoms with Crippen molar-refractivity contribution in [3.63, 3.8) is 0 Å². The second kappa shape index (κ2) is 6.85. The molecule has 2 aromatic rings. The molecule has 1 atom stereocenters. The van der Waals surface area contributed by atoms with Crippen molar-refractivity contribution in [3.8, 4) is 0 Å². The van der Waals surface area contributed by atoms with E-state index in [2.05, 4.69) is 10.3 Å². The monoisotopic (exact) mass is 322 g/mol. The van der Waals surface area contributed by atoms with Gasteiger partial charge in [-0.25, -0.2) is 4.98 Å². The van der Waals surface area contributed by atoms with Crippen LogP contribution < -0.4 is 5.32 Å². The van der Waals surface area contributed by atoms with Gasteiger partial charge in [-0.2, -0.15) is 11.3 Å². The van der Waals surface area contributed by atoms with E-state index >= 15 is 0 Å². The van der Waals surface area contributed by atoms with Gasteiger partial charge in [0.25, 0.3) is 0 Å². The Morgan fingerprint density at radius 1 is 1.57 bits per heavy atom. The molecule has 0 saturated carbocycles. The molecule has 2 heterocycles. The zero-order valence-electron chi connectivity index (χ0n) is 11.4. The van der Waals surface area contributed by atoms with E-state index in [1.54, 1.807) is 31.3 Å². The van der Waals surface area contributed by atoms with Crippen LogP contribution in [0.15, 0.2) is 41.2 Å². The molecule has 21 heavy (non-hydrogen) atoms. The summed E-state index contributed by atoms with van der Waals surface area (Å²) < 4.78 is 0. The number of halogens is 1. The highest BCUT2D eigenvalue weighted by Crippen LogP contribution is 2.21. The van der Waals surface area contributed by atoms with E-state index in [9.17, 15) is 9.90 Å². The molecular weight excluding hydrogens is 308 g/mol. The van der Waals surface area contributed by atoms with E-state index in [0.29, 0.717) is 5.15 Å². The number of aromatic nitrogens is 1. The smallest absolute Gasteiger partial charge is 0.244 e. The fourth-order valence-corrected chi connectivity index (χ4v) is 2.65. The van der Waals surface area contributed by atoms with Gasteiger partial charge >= 0.3 is 0 Å². The minimum atomic E-state index is -1.08. The summed E-state index contributed by atoms with van der Waals surface area (Å²) in [5.74, 6) is -0.279. The minimum Gasteiger partial charge on any atom is -0.384 e. The molecule has 2 rings (SSSR count). The third-order valence-electron chi connectivity index (χ3n) is 2.93. The first-order valence-corrected chi connectivity index (χ1v) is 7.62. The first-order chi connectivity index (χ1) is 9.97. The van der Waals surface area contributed by atoms with Crippen molar-refractivity contribution in [3.05, 3.63) is 57.5 Å². The van der Waals surface area contributed by atoms with Crippen molar-refractivity contribution in [1.82, 2.24) is 10.3 Å². The van der Waals surface area contributed by atoms with E-state index < -0.39 is 5.60 Å². The van der Waals surface area contributed by atoms with Crippen LogP contribution in [0.1, 0.15) is 18.1 Å². The van der Waals surface area contributed by atoms with E-state index in [1.807, 2.05) is 16.8 Å². The van der Waals surface area contributed by atoms with Crippen LogP contribution in [-0.4, -0.2) is 22.5 Å². The number of nitrogens with one attached hydrogen (secondary N) is 1. The Bertz CT molecular complexity index is 639. The van der Waals surface area contributed by atoms with Gasteiger partial charge in [-0.15, -0.1) is 0 Å². The molecule has 0 bridgehead atoms. The summed E-state index contributed by atoms with van der Waals surface area (Å²) in [7, 11) is 0. The highest BCUT2D eigenvalue weighted by molar-refractivity contribution is 7.08. The number of hydrogen-bond donors (Lipinski definition) is 2. The zero-order chi connectivity index (χ0) is 15.3.